The quantitative estimate of drug-likeness (QED) is 0.736. The molecule has 0 unspecified atom stereocenters. The van der Waals surface area contributed by atoms with Crippen molar-refractivity contribution in [1.82, 2.24) is 9.80 Å². The second-order valence-electron chi connectivity index (χ2n) is 7.18. The minimum absolute atomic E-state index is 0.277. The lowest BCUT2D eigenvalue weighted by Crippen LogP contribution is -2.41. The SMILES string of the molecule is C=C(CN1CCCN(C)CC1)B1OC(C)(C)C(C)(C)O1. The van der Waals surface area contributed by atoms with Gasteiger partial charge in [-0.3, -0.25) is 4.90 Å². The largest absolute Gasteiger partial charge is 0.491 e. The average Bonchev–Trinajstić information content (AvgIpc) is 2.48. The van der Waals surface area contributed by atoms with Crippen molar-refractivity contribution in [1.29, 1.82) is 0 Å². The molecule has 0 aromatic carbocycles. The lowest BCUT2D eigenvalue weighted by atomic mass is 9.79. The normalized spacial score (nSPS) is 27.6. The fourth-order valence-corrected chi connectivity index (χ4v) is 2.63. The van der Waals surface area contributed by atoms with Gasteiger partial charge < -0.3 is 14.2 Å². The van der Waals surface area contributed by atoms with Gasteiger partial charge in [0.1, 0.15) is 0 Å². The van der Waals surface area contributed by atoms with Gasteiger partial charge in [-0.15, -0.1) is 6.58 Å². The third kappa shape index (κ3) is 3.45. The molecule has 0 saturated carbocycles. The van der Waals surface area contributed by atoms with Gasteiger partial charge in [-0.25, -0.2) is 0 Å². The van der Waals surface area contributed by atoms with Crippen LogP contribution in [0.25, 0.3) is 0 Å². The molecular weight excluding hydrogens is 251 g/mol. The second-order valence-corrected chi connectivity index (χ2v) is 7.18. The van der Waals surface area contributed by atoms with Crippen LogP contribution in [0, 0.1) is 0 Å². The molecule has 20 heavy (non-hydrogen) atoms. The van der Waals surface area contributed by atoms with Crippen molar-refractivity contribution in [2.75, 3.05) is 39.8 Å². The molecule has 0 radical (unpaired) electrons. The third-order valence-electron chi connectivity index (χ3n) is 4.83. The highest BCUT2D eigenvalue weighted by Crippen LogP contribution is 2.38. The molecule has 0 atom stereocenters. The summed E-state index contributed by atoms with van der Waals surface area (Å²) in [6.45, 7) is 17.9. The fraction of sp³-hybridized carbons (Fsp3) is 0.867. The van der Waals surface area contributed by atoms with Crippen LogP contribution < -0.4 is 0 Å². The summed E-state index contributed by atoms with van der Waals surface area (Å²) >= 11 is 0. The van der Waals surface area contributed by atoms with Gasteiger partial charge in [-0.1, -0.05) is 0 Å². The molecule has 0 N–H and O–H groups in total. The van der Waals surface area contributed by atoms with Crippen LogP contribution in [0.5, 0.6) is 0 Å². The van der Waals surface area contributed by atoms with Crippen molar-refractivity contribution >= 4 is 7.12 Å². The zero-order valence-electron chi connectivity index (χ0n) is 13.7. The molecule has 2 aliphatic rings. The Morgan fingerprint density at radius 3 is 2.25 bits per heavy atom. The summed E-state index contributed by atoms with van der Waals surface area (Å²) < 4.78 is 12.1. The summed E-state index contributed by atoms with van der Waals surface area (Å²) in [4.78, 5) is 4.84. The maximum atomic E-state index is 6.06. The van der Waals surface area contributed by atoms with Gasteiger partial charge in [-0.2, -0.15) is 0 Å². The molecule has 2 saturated heterocycles. The topological polar surface area (TPSA) is 24.9 Å². The van der Waals surface area contributed by atoms with Crippen LogP contribution in [0.2, 0.25) is 0 Å². The minimum atomic E-state index is -0.278. The molecule has 0 bridgehead atoms. The molecule has 5 heteroatoms. The molecule has 4 nitrogen and oxygen atoms in total. The highest BCUT2D eigenvalue weighted by molar-refractivity contribution is 6.54. The Hall–Kier alpha value is -0.355. The van der Waals surface area contributed by atoms with Crippen LogP contribution in [-0.4, -0.2) is 67.9 Å². The standard InChI is InChI=1S/C15H29BN2O2/c1-13(12-18-9-7-8-17(6)10-11-18)16-19-14(2,3)15(4,5)20-16/h1,7-12H2,2-6H3. The van der Waals surface area contributed by atoms with E-state index in [0.29, 0.717) is 0 Å². The Labute approximate surface area is 124 Å². The van der Waals surface area contributed by atoms with E-state index in [9.17, 15) is 0 Å². The Kier molecular flexibility index (Phi) is 4.64. The fourth-order valence-electron chi connectivity index (χ4n) is 2.63. The van der Waals surface area contributed by atoms with E-state index in [2.05, 4.69) is 51.1 Å². The van der Waals surface area contributed by atoms with Gasteiger partial charge in [0.25, 0.3) is 0 Å². The number of hydrogen-bond donors (Lipinski definition) is 0. The van der Waals surface area contributed by atoms with Crippen LogP contribution in [0.15, 0.2) is 12.1 Å². The van der Waals surface area contributed by atoms with Crippen molar-refractivity contribution in [3.8, 4) is 0 Å². The monoisotopic (exact) mass is 280 g/mol. The maximum Gasteiger partial charge on any atom is 0.491 e. The molecule has 2 fully saturated rings. The molecule has 0 spiro atoms. The van der Waals surface area contributed by atoms with Gasteiger partial charge >= 0.3 is 7.12 Å². The summed E-state index contributed by atoms with van der Waals surface area (Å²) in [6, 6.07) is 0. The Morgan fingerprint density at radius 1 is 1.05 bits per heavy atom. The van der Waals surface area contributed by atoms with E-state index in [1.807, 2.05) is 0 Å². The van der Waals surface area contributed by atoms with E-state index in [4.69, 9.17) is 9.31 Å². The highest BCUT2D eigenvalue weighted by Gasteiger charge is 2.52. The van der Waals surface area contributed by atoms with Crippen molar-refractivity contribution in [3.63, 3.8) is 0 Å². The van der Waals surface area contributed by atoms with E-state index in [0.717, 1.165) is 31.7 Å². The predicted octanol–water partition coefficient (Wildman–Crippen LogP) is 1.81. The molecule has 114 valence electrons. The first kappa shape index (κ1) is 16.0. The number of hydrogen-bond acceptors (Lipinski definition) is 4. The van der Waals surface area contributed by atoms with Crippen molar-refractivity contribution in [3.05, 3.63) is 12.1 Å². The first-order chi connectivity index (χ1) is 9.21. The summed E-state index contributed by atoms with van der Waals surface area (Å²) in [6.07, 6.45) is 1.22. The molecule has 0 aromatic rings. The smallest absolute Gasteiger partial charge is 0.400 e. The van der Waals surface area contributed by atoms with Gasteiger partial charge in [0.05, 0.1) is 11.2 Å². The maximum absolute atomic E-state index is 6.06. The summed E-state index contributed by atoms with van der Waals surface area (Å²) in [5.41, 5.74) is 0.479. The summed E-state index contributed by atoms with van der Waals surface area (Å²) in [5, 5.41) is 0. The average molecular weight is 280 g/mol. The van der Waals surface area contributed by atoms with E-state index < -0.39 is 0 Å². The van der Waals surface area contributed by atoms with E-state index >= 15 is 0 Å². The number of likely N-dealkylation sites (N-methyl/N-ethyl adjacent to an activating group) is 1. The molecule has 2 heterocycles. The lowest BCUT2D eigenvalue weighted by molar-refractivity contribution is 0.00578. The minimum Gasteiger partial charge on any atom is -0.400 e. The Balaban J connectivity index is 1.90. The predicted molar refractivity (Wildman–Crippen MR) is 83.8 cm³/mol. The van der Waals surface area contributed by atoms with Crippen LogP contribution in [0.3, 0.4) is 0 Å². The van der Waals surface area contributed by atoms with Crippen LogP contribution in [-0.2, 0) is 9.31 Å². The molecule has 0 amide bonds. The Morgan fingerprint density at radius 2 is 1.65 bits per heavy atom. The van der Waals surface area contributed by atoms with E-state index in [1.165, 1.54) is 13.0 Å². The molecule has 2 aliphatic heterocycles. The number of rotatable bonds is 3. The van der Waals surface area contributed by atoms with Gasteiger partial charge in [0, 0.05) is 19.6 Å². The molecule has 0 aromatic heterocycles. The number of nitrogens with zero attached hydrogens (tertiary/aromatic N) is 2. The lowest BCUT2D eigenvalue weighted by Gasteiger charge is -2.32. The van der Waals surface area contributed by atoms with Crippen LogP contribution in [0.1, 0.15) is 34.1 Å². The van der Waals surface area contributed by atoms with Crippen molar-refractivity contribution < 1.29 is 9.31 Å². The van der Waals surface area contributed by atoms with E-state index in [-0.39, 0.29) is 18.3 Å². The zero-order valence-corrected chi connectivity index (χ0v) is 13.7. The Bertz CT molecular complexity index is 355. The molecular formula is C15H29BN2O2. The first-order valence-electron chi connectivity index (χ1n) is 7.65. The van der Waals surface area contributed by atoms with Gasteiger partial charge in [0.2, 0.25) is 0 Å². The van der Waals surface area contributed by atoms with Crippen LogP contribution in [0.4, 0.5) is 0 Å². The van der Waals surface area contributed by atoms with Gasteiger partial charge in [0.15, 0.2) is 0 Å². The second kappa shape index (κ2) is 5.80. The molecule has 0 aliphatic carbocycles. The van der Waals surface area contributed by atoms with Gasteiger partial charge in [-0.05, 0) is 59.7 Å². The zero-order chi connectivity index (χ0) is 15.0. The highest BCUT2D eigenvalue weighted by atomic mass is 16.7. The first-order valence-corrected chi connectivity index (χ1v) is 7.65. The van der Waals surface area contributed by atoms with Crippen LogP contribution >= 0.6 is 0 Å². The third-order valence-corrected chi connectivity index (χ3v) is 4.83. The summed E-state index contributed by atoms with van der Waals surface area (Å²) in [5.74, 6) is 0. The molecule has 2 rings (SSSR count). The summed E-state index contributed by atoms with van der Waals surface area (Å²) in [7, 11) is 1.91. The van der Waals surface area contributed by atoms with Crippen molar-refractivity contribution in [2.45, 2.75) is 45.3 Å². The van der Waals surface area contributed by atoms with Crippen molar-refractivity contribution in [2.24, 2.45) is 0 Å². The van der Waals surface area contributed by atoms with E-state index in [1.54, 1.807) is 0 Å².